The summed E-state index contributed by atoms with van der Waals surface area (Å²) < 4.78 is 0. The second kappa shape index (κ2) is 7.66. The molecular formula is C12H22ClNO2. The van der Waals surface area contributed by atoms with Gasteiger partial charge in [0.1, 0.15) is 5.60 Å². The molecule has 0 saturated carbocycles. The SMILES string of the molecule is CCCCCCC(=O)/C(Cl)=N/OC(C)(C)C. The van der Waals surface area contributed by atoms with E-state index in [0.29, 0.717) is 6.42 Å². The maximum Gasteiger partial charge on any atom is 0.211 e. The van der Waals surface area contributed by atoms with Crippen molar-refractivity contribution < 1.29 is 9.63 Å². The molecule has 0 aromatic heterocycles. The summed E-state index contributed by atoms with van der Waals surface area (Å²) in [5, 5.41) is 3.58. The Morgan fingerprint density at radius 2 is 1.88 bits per heavy atom. The summed E-state index contributed by atoms with van der Waals surface area (Å²) in [6.07, 6.45) is 4.69. The van der Waals surface area contributed by atoms with Gasteiger partial charge in [0.25, 0.3) is 0 Å². The van der Waals surface area contributed by atoms with E-state index in [2.05, 4.69) is 12.1 Å². The van der Waals surface area contributed by atoms with E-state index in [4.69, 9.17) is 16.4 Å². The van der Waals surface area contributed by atoms with Crippen molar-refractivity contribution in [3.63, 3.8) is 0 Å². The van der Waals surface area contributed by atoms with E-state index < -0.39 is 5.60 Å². The summed E-state index contributed by atoms with van der Waals surface area (Å²) in [5.74, 6) is -0.137. The molecule has 0 aliphatic heterocycles. The van der Waals surface area contributed by atoms with Gasteiger partial charge in [-0.15, -0.1) is 0 Å². The van der Waals surface area contributed by atoms with E-state index in [1.165, 1.54) is 0 Å². The summed E-state index contributed by atoms with van der Waals surface area (Å²) in [6.45, 7) is 7.69. The summed E-state index contributed by atoms with van der Waals surface area (Å²) in [6, 6.07) is 0. The van der Waals surface area contributed by atoms with Crippen LogP contribution in [0.15, 0.2) is 5.16 Å². The van der Waals surface area contributed by atoms with E-state index in [-0.39, 0.29) is 11.0 Å². The summed E-state index contributed by atoms with van der Waals surface area (Å²) in [5.41, 5.74) is -0.414. The second-order valence-corrected chi connectivity index (χ2v) is 5.18. The molecule has 0 rings (SSSR count). The van der Waals surface area contributed by atoms with E-state index in [1.54, 1.807) is 0 Å². The minimum atomic E-state index is -0.414. The van der Waals surface area contributed by atoms with Crippen molar-refractivity contribution in [3.05, 3.63) is 0 Å². The van der Waals surface area contributed by atoms with Gasteiger partial charge in [-0.05, 0) is 27.2 Å². The molecule has 0 aliphatic carbocycles. The molecular weight excluding hydrogens is 226 g/mol. The van der Waals surface area contributed by atoms with Gasteiger partial charge in [0.05, 0.1) is 0 Å². The maximum atomic E-state index is 11.5. The van der Waals surface area contributed by atoms with Crippen molar-refractivity contribution in [1.82, 2.24) is 0 Å². The first-order valence-electron chi connectivity index (χ1n) is 5.81. The number of unbranched alkanes of at least 4 members (excludes halogenated alkanes) is 3. The largest absolute Gasteiger partial charge is 0.389 e. The summed E-state index contributed by atoms with van der Waals surface area (Å²) in [4.78, 5) is 16.6. The lowest BCUT2D eigenvalue weighted by atomic mass is 10.1. The molecule has 3 nitrogen and oxygen atoms in total. The molecule has 16 heavy (non-hydrogen) atoms. The molecule has 0 aromatic carbocycles. The molecule has 0 bridgehead atoms. The Morgan fingerprint density at radius 1 is 1.25 bits per heavy atom. The minimum Gasteiger partial charge on any atom is -0.389 e. The van der Waals surface area contributed by atoms with Crippen molar-refractivity contribution >= 4 is 22.6 Å². The topological polar surface area (TPSA) is 38.7 Å². The van der Waals surface area contributed by atoms with Gasteiger partial charge in [-0.1, -0.05) is 42.9 Å². The number of nitrogens with zero attached hydrogens (tertiary/aromatic N) is 1. The number of Topliss-reactive ketones (excluding diaryl/α,β-unsaturated/α-hetero) is 1. The quantitative estimate of drug-likeness (QED) is 0.389. The lowest BCUT2D eigenvalue weighted by Crippen LogP contribution is -2.18. The first kappa shape index (κ1) is 15.4. The number of carbonyl (C=O) groups excluding carboxylic acids is 1. The summed E-state index contributed by atoms with van der Waals surface area (Å²) in [7, 11) is 0. The number of rotatable bonds is 7. The molecule has 0 heterocycles. The minimum absolute atomic E-state index is 0.0496. The van der Waals surface area contributed by atoms with Crippen molar-refractivity contribution in [2.24, 2.45) is 5.16 Å². The highest BCUT2D eigenvalue weighted by atomic mass is 35.5. The zero-order valence-corrected chi connectivity index (χ0v) is 11.4. The van der Waals surface area contributed by atoms with Gasteiger partial charge in [-0.25, -0.2) is 0 Å². The van der Waals surface area contributed by atoms with Crippen LogP contribution in [0.5, 0.6) is 0 Å². The van der Waals surface area contributed by atoms with Crippen LogP contribution >= 0.6 is 11.6 Å². The van der Waals surface area contributed by atoms with Gasteiger partial charge in [0.15, 0.2) is 5.78 Å². The Morgan fingerprint density at radius 3 is 2.38 bits per heavy atom. The van der Waals surface area contributed by atoms with Crippen LogP contribution in [0.25, 0.3) is 0 Å². The van der Waals surface area contributed by atoms with E-state index in [1.807, 2.05) is 20.8 Å². The van der Waals surface area contributed by atoms with Gasteiger partial charge in [-0.2, -0.15) is 0 Å². The van der Waals surface area contributed by atoms with E-state index in [0.717, 1.165) is 25.7 Å². The maximum absolute atomic E-state index is 11.5. The van der Waals surface area contributed by atoms with Crippen molar-refractivity contribution in [1.29, 1.82) is 0 Å². The molecule has 0 spiro atoms. The first-order chi connectivity index (χ1) is 7.37. The molecule has 0 atom stereocenters. The Kier molecular flexibility index (Phi) is 7.39. The number of hydrogen-bond donors (Lipinski definition) is 0. The fourth-order valence-electron chi connectivity index (χ4n) is 1.04. The first-order valence-corrected chi connectivity index (χ1v) is 6.19. The average Bonchev–Trinajstić information content (AvgIpc) is 2.19. The highest BCUT2D eigenvalue weighted by molar-refractivity contribution is 6.83. The molecule has 0 saturated heterocycles. The molecule has 0 amide bonds. The number of oxime groups is 1. The fraction of sp³-hybridized carbons (Fsp3) is 0.833. The van der Waals surface area contributed by atoms with Crippen LogP contribution in [0.3, 0.4) is 0 Å². The van der Waals surface area contributed by atoms with Gasteiger partial charge in [0, 0.05) is 6.42 Å². The van der Waals surface area contributed by atoms with Crippen LogP contribution in [0.4, 0.5) is 0 Å². The standard InChI is InChI=1S/C12H22ClNO2/c1-5-6-7-8-9-10(15)11(13)14-16-12(2,3)4/h5-9H2,1-4H3/b14-11-. The molecule has 94 valence electrons. The number of carbonyl (C=O) groups is 1. The number of hydrogen-bond acceptors (Lipinski definition) is 3. The lowest BCUT2D eigenvalue weighted by Gasteiger charge is -2.15. The highest BCUT2D eigenvalue weighted by Gasteiger charge is 2.13. The second-order valence-electron chi connectivity index (χ2n) is 4.82. The Hall–Kier alpha value is -0.570. The van der Waals surface area contributed by atoms with Crippen LogP contribution in [-0.2, 0) is 9.63 Å². The highest BCUT2D eigenvalue weighted by Crippen LogP contribution is 2.09. The monoisotopic (exact) mass is 247 g/mol. The molecule has 0 radical (unpaired) electrons. The number of halogens is 1. The fourth-order valence-corrected chi connectivity index (χ4v) is 1.17. The van der Waals surface area contributed by atoms with Crippen molar-refractivity contribution in [2.75, 3.05) is 0 Å². The predicted octanol–water partition coefficient (Wildman–Crippen LogP) is 3.89. The van der Waals surface area contributed by atoms with Crippen LogP contribution < -0.4 is 0 Å². The summed E-state index contributed by atoms with van der Waals surface area (Å²) >= 11 is 5.73. The Bertz CT molecular complexity index is 244. The van der Waals surface area contributed by atoms with Gasteiger partial charge in [0.2, 0.25) is 5.17 Å². The van der Waals surface area contributed by atoms with Gasteiger partial charge >= 0.3 is 0 Å². The van der Waals surface area contributed by atoms with Crippen molar-refractivity contribution in [2.45, 2.75) is 65.4 Å². The Labute approximate surface area is 103 Å². The smallest absolute Gasteiger partial charge is 0.211 e. The molecule has 0 fully saturated rings. The number of ketones is 1. The molecule has 0 unspecified atom stereocenters. The van der Waals surface area contributed by atoms with E-state index >= 15 is 0 Å². The van der Waals surface area contributed by atoms with Gasteiger partial charge < -0.3 is 4.84 Å². The van der Waals surface area contributed by atoms with Gasteiger partial charge in [-0.3, -0.25) is 4.79 Å². The molecule has 0 N–H and O–H groups in total. The average molecular weight is 248 g/mol. The van der Waals surface area contributed by atoms with Crippen LogP contribution in [0.2, 0.25) is 0 Å². The molecule has 0 aliphatic rings. The zero-order valence-electron chi connectivity index (χ0n) is 10.7. The normalized spacial score (nSPS) is 12.7. The van der Waals surface area contributed by atoms with Crippen LogP contribution in [0, 0.1) is 0 Å². The predicted molar refractivity (Wildman–Crippen MR) is 67.9 cm³/mol. The van der Waals surface area contributed by atoms with Crippen molar-refractivity contribution in [3.8, 4) is 0 Å². The third-order valence-corrected chi connectivity index (χ3v) is 2.17. The molecule has 0 aromatic rings. The lowest BCUT2D eigenvalue weighted by molar-refractivity contribution is -0.113. The molecule has 4 heteroatoms. The van der Waals surface area contributed by atoms with Crippen LogP contribution in [-0.4, -0.2) is 16.6 Å². The Balaban J connectivity index is 3.89. The van der Waals surface area contributed by atoms with E-state index in [9.17, 15) is 4.79 Å². The zero-order chi connectivity index (χ0) is 12.6. The third-order valence-electron chi connectivity index (χ3n) is 1.89. The van der Waals surface area contributed by atoms with Crippen LogP contribution in [0.1, 0.15) is 59.8 Å². The third kappa shape index (κ3) is 8.72.